The molecular weight excluding hydrogens is 496 g/mol. The average molecular weight is 517 g/mol. The zero-order valence-corrected chi connectivity index (χ0v) is 20.8. The lowest BCUT2D eigenvalue weighted by atomic mass is 10.2. The Kier molecular flexibility index (Phi) is 7.06. The van der Waals surface area contributed by atoms with Crippen molar-refractivity contribution in [1.29, 1.82) is 0 Å². The monoisotopic (exact) mass is 516 g/mol. The number of hydrogen-bond donors (Lipinski definition) is 0. The van der Waals surface area contributed by atoms with Crippen molar-refractivity contribution in [2.75, 3.05) is 24.9 Å². The molecule has 10 heteroatoms. The van der Waals surface area contributed by atoms with E-state index in [0.29, 0.717) is 31.9 Å². The number of fused-ring (bicyclic) bond motifs is 1. The summed E-state index contributed by atoms with van der Waals surface area (Å²) in [6.07, 6.45) is 0. The molecule has 0 spiro atoms. The minimum Gasteiger partial charge on any atom is -0.495 e. The van der Waals surface area contributed by atoms with Gasteiger partial charge in [-0.2, -0.15) is 0 Å². The average Bonchev–Trinajstić information content (AvgIpc) is 3.27. The lowest BCUT2D eigenvalue weighted by molar-refractivity contribution is -0.116. The summed E-state index contributed by atoms with van der Waals surface area (Å²) in [6.45, 7) is 0.153. The Morgan fingerprint density at radius 3 is 2.26 bits per heavy atom. The van der Waals surface area contributed by atoms with Crippen LogP contribution >= 0.6 is 22.9 Å². The first-order valence-electron chi connectivity index (χ1n) is 10.2. The maximum Gasteiger partial charge on any atom is 0.244 e. The Bertz CT molecular complexity index is 1380. The van der Waals surface area contributed by atoms with Crippen molar-refractivity contribution >= 4 is 54.0 Å². The van der Waals surface area contributed by atoms with E-state index >= 15 is 0 Å². The Morgan fingerprint density at radius 1 is 0.971 bits per heavy atom. The minimum atomic E-state index is -3.90. The number of rotatable bonds is 8. The molecule has 1 aromatic heterocycles. The summed E-state index contributed by atoms with van der Waals surface area (Å²) in [5.74, 6) is -0.207. The number of methoxy groups -OCH3 is 2. The predicted molar refractivity (Wildman–Crippen MR) is 134 cm³/mol. The van der Waals surface area contributed by atoms with Crippen LogP contribution in [-0.2, 0) is 21.2 Å². The van der Waals surface area contributed by atoms with Crippen LogP contribution in [0.5, 0.6) is 11.5 Å². The number of amides is 1. The SMILES string of the molecule is COc1ccc(OC)c2sc(N(Cc3ccccc3)C(=O)CS(=O)(=O)c3ccc(Cl)cc3)nc12. The summed E-state index contributed by atoms with van der Waals surface area (Å²) in [6, 6.07) is 18.5. The molecule has 0 saturated carbocycles. The standard InChI is InChI=1S/C24H21ClN2O5S2/c1-31-19-12-13-20(32-2)23-22(19)26-24(33-23)27(14-16-6-4-3-5-7-16)21(28)15-34(29,30)18-10-8-17(25)9-11-18/h3-13H,14-15H2,1-2H3. The number of carbonyl (C=O) groups excluding carboxylic acids is 1. The van der Waals surface area contributed by atoms with E-state index in [-0.39, 0.29) is 11.4 Å². The molecule has 3 aromatic carbocycles. The second-order valence-electron chi connectivity index (χ2n) is 7.32. The van der Waals surface area contributed by atoms with E-state index in [4.69, 9.17) is 21.1 Å². The molecule has 0 saturated heterocycles. The third-order valence-electron chi connectivity index (χ3n) is 5.10. The number of ether oxygens (including phenoxy) is 2. The van der Waals surface area contributed by atoms with E-state index in [1.165, 1.54) is 47.6 Å². The molecule has 1 amide bonds. The van der Waals surface area contributed by atoms with Gasteiger partial charge in [-0.1, -0.05) is 53.3 Å². The molecule has 0 bridgehead atoms. The molecule has 7 nitrogen and oxygen atoms in total. The molecule has 4 aromatic rings. The van der Waals surface area contributed by atoms with Crippen LogP contribution in [0.1, 0.15) is 5.56 Å². The molecule has 1 heterocycles. The fraction of sp³-hybridized carbons (Fsp3) is 0.167. The molecule has 34 heavy (non-hydrogen) atoms. The van der Waals surface area contributed by atoms with Gasteiger partial charge in [0.25, 0.3) is 0 Å². The zero-order valence-electron chi connectivity index (χ0n) is 18.4. The molecule has 4 rings (SSSR count). The van der Waals surface area contributed by atoms with Gasteiger partial charge in [0.1, 0.15) is 27.5 Å². The number of anilines is 1. The van der Waals surface area contributed by atoms with Crippen LogP contribution in [0.3, 0.4) is 0 Å². The molecule has 0 unspecified atom stereocenters. The molecule has 0 aliphatic carbocycles. The van der Waals surface area contributed by atoms with Crippen molar-refractivity contribution in [3.05, 3.63) is 77.3 Å². The number of aromatic nitrogens is 1. The van der Waals surface area contributed by atoms with Gasteiger partial charge in [0.2, 0.25) is 5.91 Å². The highest BCUT2D eigenvalue weighted by Crippen LogP contribution is 2.40. The summed E-state index contributed by atoms with van der Waals surface area (Å²) in [5.41, 5.74) is 1.37. The van der Waals surface area contributed by atoms with Crippen molar-refractivity contribution < 1.29 is 22.7 Å². The van der Waals surface area contributed by atoms with Crippen LogP contribution in [0.4, 0.5) is 5.13 Å². The maximum atomic E-state index is 13.4. The van der Waals surface area contributed by atoms with Crippen LogP contribution in [0.15, 0.2) is 71.6 Å². The number of nitrogens with zero attached hydrogens (tertiary/aromatic N) is 2. The third-order valence-corrected chi connectivity index (χ3v) is 8.06. The predicted octanol–water partition coefficient (Wildman–Crippen LogP) is 4.97. The van der Waals surface area contributed by atoms with Crippen LogP contribution in [-0.4, -0.2) is 39.3 Å². The smallest absolute Gasteiger partial charge is 0.244 e. The van der Waals surface area contributed by atoms with Crippen molar-refractivity contribution in [2.45, 2.75) is 11.4 Å². The number of sulfone groups is 1. The van der Waals surface area contributed by atoms with Gasteiger partial charge in [0.05, 0.1) is 25.7 Å². The molecule has 0 aliphatic heterocycles. The normalized spacial score (nSPS) is 11.4. The Balaban J connectivity index is 1.75. The first kappa shape index (κ1) is 24.0. The lowest BCUT2D eigenvalue weighted by Crippen LogP contribution is -2.35. The molecule has 176 valence electrons. The fourth-order valence-electron chi connectivity index (χ4n) is 3.38. The second-order valence-corrected chi connectivity index (χ2v) is 10.7. The summed E-state index contributed by atoms with van der Waals surface area (Å²) in [5, 5.41) is 0.756. The van der Waals surface area contributed by atoms with E-state index in [2.05, 4.69) is 4.98 Å². The minimum absolute atomic E-state index is 0.0255. The zero-order chi connectivity index (χ0) is 24.3. The van der Waals surface area contributed by atoms with Gasteiger partial charge >= 0.3 is 0 Å². The van der Waals surface area contributed by atoms with E-state index in [9.17, 15) is 13.2 Å². The van der Waals surface area contributed by atoms with Gasteiger partial charge in [-0.15, -0.1) is 0 Å². The van der Waals surface area contributed by atoms with Gasteiger partial charge < -0.3 is 9.47 Å². The fourth-order valence-corrected chi connectivity index (χ4v) is 5.80. The van der Waals surface area contributed by atoms with Gasteiger partial charge in [-0.05, 0) is 42.0 Å². The summed E-state index contributed by atoms with van der Waals surface area (Å²) < 4.78 is 37.5. The maximum absolute atomic E-state index is 13.4. The second kappa shape index (κ2) is 10.0. The number of carbonyl (C=O) groups is 1. The molecular formula is C24H21ClN2O5S2. The Labute approximate surface area is 206 Å². The Hall–Kier alpha value is -3.14. The highest BCUT2D eigenvalue weighted by Gasteiger charge is 2.28. The van der Waals surface area contributed by atoms with Crippen molar-refractivity contribution in [1.82, 2.24) is 4.98 Å². The van der Waals surface area contributed by atoms with Crippen LogP contribution in [0.25, 0.3) is 10.2 Å². The van der Waals surface area contributed by atoms with E-state index in [1.54, 1.807) is 19.2 Å². The first-order chi connectivity index (χ1) is 16.3. The molecule has 0 fully saturated rings. The van der Waals surface area contributed by atoms with Crippen molar-refractivity contribution in [3.63, 3.8) is 0 Å². The van der Waals surface area contributed by atoms with Crippen molar-refractivity contribution in [3.8, 4) is 11.5 Å². The molecule has 0 atom stereocenters. The number of hydrogen-bond acceptors (Lipinski definition) is 7. The van der Waals surface area contributed by atoms with E-state index in [0.717, 1.165) is 5.56 Å². The summed E-state index contributed by atoms with van der Waals surface area (Å²) >= 11 is 7.11. The topological polar surface area (TPSA) is 85.8 Å². The van der Waals surface area contributed by atoms with Gasteiger partial charge in [-0.3, -0.25) is 9.69 Å². The van der Waals surface area contributed by atoms with Crippen LogP contribution in [0, 0.1) is 0 Å². The quantitative estimate of drug-likeness (QED) is 0.328. The molecule has 0 N–H and O–H groups in total. The van der Waals surface area contributed by atoms with Gasteiger partial charge in [0, 0.05) is 5.02 Å². The van der Waals surface area contributed by atoms with Crippen LogP contribution < -0.4 is 14.4 Å². The molecule has 0 aliphatic rings. The number of thiazole rings is 1. The highest BCUT2D eigenvalue weighted by molar-refractivity contribution is 7.92. The third kappa shape index (κ3) is 5.01. The summed E-state index contributed by atoms with van der Waals surface area (Å²) in [7, 11) is -0.818. The van der Waals surface area contributed by atoms with Gasteiger partial charge in [0.15, 0.2) is 15.0 Å². The first-order valence-corrected chi connectivity index (χ1v) is 13.0. The number of halogens is 1. The highest BCUT2D eigenvalue weighted by atomic mass is 35.5. The Morgan fingerprint density at radius 2 is 1.62 bits per heavy atom. The largest absolute Gasteiger partial charge is 0.495 e. The van der Waals surface area contributed by atoms with Gasteiger partial charge in [-0.25, -0.2) is 13.4 Å². The summed E-state index contributed by atoms with van der Waals surface area (Å²) in [4.78, 5) is 19.5. The van der Waals surface area contributed by atoms with E-state index in [1.807, 2.05) is 30.3 Å². The number of benzene rings is 3. The van der Waals surface area contributed by atoms with E-state index < -0.39 is 21.5 Å². The van der Waals surface area contributed by atoms with Crippen molar-refractivity contribution in [2.24, 2.45) is 0 Å². The van der Waals surface area contributed by atoms with Crippen LogP contribution in [0.2, 0.25) is 5.02 Å². The molecule has 0 radical (unpaired) electrons. The lowest BCUT2D eigenvalue weighted by Gasteiger charge is -2.20.